The summed E-state index contributed by atoms with van der Waals surface area (Å²) in [5, 5.41) is 8.69. The number of hydrogen-bond acceptors (Lipinski definition) is 6. The maximum Gasteiger partial charge on any atom is 0.338 e. The highest BCUT2D eigenvalue weighted by Crippen LogP contribution is 2.12. The third-order valence-electron chi connectivity index (χ3n) is 3.77. The molecule has 0 saturated heterocycles. The molecule has 0 aliphatic carbocycles. The van der Waals surface area contributed by atoms with E-state index in [-0.39, 0.29) is 12.1 Å². The van der Waals surface area contributed by atoms with Crippen LogP contribution in [0.2, 0.25) is 0 Å². The van der Waals surface area contributed by atoms with Crippen molar-refractivity contribution in [3.63, 3.8) is 0 Å². The summed E-state index contributed by atoms with van der Waals surface area (Å²) in [4.78, 5) is 35.4. The fraction of sp³-hybridized carbons (Fsp3) is 0.158. The molecule has 9 heteroatoms. The van der Waals surface area contributed by atoms with Crippen LogP contribution in [-0.4, -0.2) is 34.3 Å². The standard InChI is InChI=1S/C19H18N4O5/c1-13-8-9-21-23(13)15-6-4-14(5-7-15)18(25)28-12-17(24)22-19(26)20-11-16-3-2-10-27-16/h2-10H,11-12H2,1H3,(H2,20,22,24,26). The molecule has 0 atom stereocenters. The molecule has 2 aromatic heterocycles. The maximum absolute atomic E-state index is 12.0. The molecule has 3 rings (SSSR count). The van der Waals surface area contributed by atoms with Gasteiger partial charge < -0.3 is 14.5 Å². The second-order valence-corrected chi connectivity index (χ2v) is 5.82. The van der Waals surface area contributed by atoms with E-state index in [1.165, 1.54) is 6.26 Å². The number of rotatable bonds is 6. The molecular formula is C19H18N4O5. The monoisotopic (exact) mass is 382 g/mol. The zero-order valence-electron chi connectivity index (χ0n) is 15.0. The van der Waals surface area contributed by atoms with Gasteiger partial charge in [0.05, 0.1) is 24.1 Å². The molecule has 0 aliphatic heterocycles. The minimum Gasteiger partial charge on any atom is -0.467 e. The van der Waals surface area contributed by atoms with Crippen molar-refractivity contribution < 1.29 is 23.5 Å². The van der Waals surface area contributed by atoms with E-state index in [0.717, 1.165) is 11.4 Å². The number of ether oxygens (including phenoxy) is 1. The van der Waals surface area contributed by atoms with E-state index in [9.17, 15) is 14.4 Å². The van der Waals surface area contributed by atoms with Gasteiger partial charge in [0.15, 0.2) is 6.61 Å². The summed E-state index contributed by atoms with van der Waals surface area (Å²) in [7, 11) is 0. The Hall–Kier alpha value is -3.88. The quantitative estimate of drug-likeness (QED) is 0.630. The Balaban J connectivity index is 1.45. The molecule has 9 nitrogen and oxygen atoms in total. The normalized spacial score (nSPS) is 10.3. The van der Waals surface area contributed by atoms with Gasteiger partial charge in [-0.2, -0.15) is 5.10 Å². The van der Waals surface area contributed by atoms with Crippen LogP contribution in [-0.2, 0) is 16.1 Å². The van der Waals surface area contributed by atoms with Gasteiger partial charge in [-0.15, -0.1) is 0 Å². The van der Waals surface area contributed by atoms with Gasteiger partial charge in [0.2, 0.25) is 0 Å². The van der Waals surface area contributed by atoms with Crippen LogP contribution in [0.25, 0.3) is 5.69 Å². The molecule has 144 valence electrons. The number of furan rings is 1. The van der Waals surface area contributed by atoms with Crippen molar-refractivity contribution in [3.05, 3.63) is 71.9 Å². The first kappa shape index (κ1) is 18.9. The molecule has 3 amide bonds. The van der Waals surface area contributed by atoms with Gasteiger partial charge in [0.25, 0.3) is 5.91 Å². The van der Waals surface area contributed by atoms with Crippen molar-refractivity contribution in [2.45, 2.75) is 13.5 Å². The van der Waals surface area contributed by atoms with E-state index in [0.29, 0.717) is 5.76 Å². The lowest BCUT2D eigenvalue weighted by Crippen LogP contribution is -2.41. The van der Waals surface area contributed by atoms with Crippen LogP contribution >= 0.6 is 0 Å². The van der Waals surface area contributed by atoms with Gasteiger partial charge >= 0.3 is 12.0 Å². The largest absolute Gasteiger partial charge is 0.467 e. The molecule has 2 N–H and O–H groups in total. The molecule has 0 aliphatic rings. The third kappa shape index (κ3) is 4.85. The van der Waals surface area contributed by atoms with Crippen LogP contribution < -0.4 is 10.6 Å². The van der Waals surface area contributed by atoms with Gasteiger partial charge in [-0.25, -0.2) is 14.3 Å². The predicted molar refractivity (Wildman–Crippen MR) is 97.7 cm³/mol. The Morgan fingerprint density at radius 2 is 1.93 bits per heavy atom. The zero-order chi connectivity index (χ0) is 19.9. The fourth-order valence-electron chi connectivity index (χ4n) is 2.38. The molecule has 0 radical (unpaired) electrons. The molecule has 0 fully saturated rings. The number of carbonyl (C=O) groups is 3. The Morgan fingerprint density at radius 1 is 1.14 bits per heavy atom. The molecule has 0 bridgehead atoms. The van der Waals surface area contributed by atoms with Crippen LogP contribution in [0.15, 0.2) is 59.3 Å². The lowest BCUT2D eigenvalue weighted by atomic mass is 10.2. The molecular weight excluding hydrogens is 364 g/mol. The lowest BCUT2D eigenvalue weighted by Gasteiger charge is -2.08. The highest BCUT2D eigenvalue weighted by Gasteiger charge is 2.13. The van der Waals surface area contributed by atoms with Crippen LogP contribution in [0, 0.1) is 6.92 Å². The van der Waals surface area contributed by atoms with Gasteiger partial charge in [0, 0.05) is 11.9 Å². The van der Waals surface area contributed by atoms with E-state index in [4.69, 9.17) is 9.15 Å². The SMILES string of the molecule is Cc1ccnn1-c1ccc(C(=O)OCC(=O)NC(=O)NCc2ccco2)cc1. The number of nitrogens with one attached hydrogen (secondary N) is 2. The number of esters is 1. The number of hydrogen-bond donors (Lipinski definition) is 2. The first-order valence-electron chi connectivity index (χ1n) is 8.41. The maximum atomic E-state index is 12.0. The van der Waals surface area contributed by atoms with Crippen molar-refractivity contribution in [3.8, 4) is 5.69 Å². The minimum absolute atomic E-state index is 0.133. The molecule has 28 heavy (non-hydrogen) atoms. The summed E-state index contributed by atoms with van der Waals surface area (Å²) >= 11 is 0. The highest BCUT2D eigenvalue weighted by atomic mass is 16.5. The van der Waals surface area contributed by atoms with Crippen LogP contribution in [0.4, 0.5) is 4.79 Å². The zero-order valence-corrected chi connectivity index (χ0v) is 15.0. The van der Waals surface area contributed by atoms with E-state index in [2.05, 4.69) is 15.7 Å². The number of nitrogens with zero attached hydrogens (tertiary/aromatic N) is 2. The van der Waals surface area contributed by atoms with Crippen molar-refractivity contribution in [2.24, 2.45) is 0 Å². The van der Waals surface area contributed by atoms with Crippen molar-refractivity contribution in [1.82, 2.24) is 20.4 Å². The van der Waals surface area contributed by atoms with Crippen molar-refractivity contribution in [2.75, 3.05) is 6.61 Å². The topological polar surface area (TPSA) is 115 Å². The van der Waals surface area contributed by atoms with Crippen LogP contribution in [0.1, 0.15) is 21.8 Å². The van der Waals surface area contributed by atoms with Gasteiger partial charge in [-0.3, -0.25) is 10.1 Å². The smallest absolute Gasteiger partial charge is 0.338 e. The van der Waals surface area contributed by atoms with Gasteiger partial charge in [0.1, 0.15) is 5.76 Å². The summed E-state index contributed by atoms with van der Waals surface area (Å²) < 4.78 is 11.7. The second kappa shape index (κ2) is 8.67. The van der Waals surface area contributed by atoms with Crippen LogP contribution in [0.5, 0.6) is 0 Å². The molecule has 0 unspecified atom stereocenters. The second-order valence-electron chi connectivity index (χ2n) is 5.82. The number of aryl methyl sites for hydroxylation is 1. The third-order valence-corrected chi connectivity index (χ3v) is 3.77. The Bertz CT molecular complexity index is 961. The van der Waals surface area contributed by atoms with E-state index >= 15 is 0 Å². The Morgan fingerprint density at radius 3 is 2.57 bits per heavy atom. The summed E-state index contributed by atoms with van der Waals surface area (Å²) in [6.07, 6.45) is 3.16. The number of carbonyl (C=O) groups excluding carboxylic acids is 3. The van der Waals surface area contributed by atoms with E-state index < -0.39 is 24.5 Å². The van der Waals surface area contributed by atoms with E-state index in [1.807, 2.05) is 13.0 Å². The number of amides is 3. The lowest BCUT2D eigenvalue weighted by molar-refractivity contribution is -0.123. The van der Waals surface area contributed by atoms with Crippen molar-refractivity contribution >= 4 is 17.9 Å². The minimum atomic E-state index is -0.742. The first-order chi connectivity index (χ1) is 13.5. The highest BCUT2D eigenvalue weighted by molar-refractivity contribution is 5.97. The van der Waals surface area contributed by atoms with E-state index in [1.54, 1.807) is 47.3 Å². The summed E-state index contributed by atoms with van der Waals surface area (Å²) in [6.45, 7) is 1.47. The fourth-order valence-corrected chi connectivity index (χ4v) is 2.38. The average molecular weight is 382 g/mol. The summed E-state index contributed by atoms with van der Waals surface area (Å²) in [5.74, 6) is -0.869. The summed E-state index contributed by atoms with van der Waals surface area (Å²) in [5.41, 5.74) is 2.03. The van der Waals surface area contributed by atoms with Crippen molar-refractivity contribution in [1.29, 1.82) is 0 Å². The molecule has 2 heterocycles. The molecule has 0 saturated carbocycles. The van der Waals surface area contributed by atoms with Crippen LogP contribution in [0.3, 0.4) is 0 Å². The summed E-state index contributed by atoms with van der Waals surface area (Å²) in [6, 6.07) is 11.1. The van der Waals surface area contributed by atoms with Gasteiger partial charge in [-0.05, 0) is 49.4 Å². The van der Waals surface area contributed by atoms with Gasteiger partial charge in [-0.1, -0.05) is 0 Å². The predicted octanol–water partition coefficient (Wildman–Crippen LogP) is 1.96. The number of aromatic nitrogens is 2. The Labute approximate surface area is 160 Å². The molecule has 0 spiro atoms. The first-order valence-corrected chi connectivity index (χ1v) is 8.41. The Kier molecular flexibility index (Phi) is 5.85. The average Bonchev–Trinajstić information content (AvgIpc) is 3.36. The number of urea groups is 1. The molecule has 3 aromatic rings. The number of benzene rings is 1. The number of imide groups is 1. The molecule has 1 aromatic carbocycles.